The van der Waals surface area contributed by atoms with Crippen LogP contribution < -0.4 is 5.32 Å². The first-order valence-electron chi connectivity index (χ1n) is 11.3. The standard InChI is InChI=1S/C26H27Cl2NO3/c1-16(23(30)29-22-8-7-20(27)10-21(22)28)32-24(31)26-13-17-9-18(14-26)12-25(11-17,15-26)19-5-3-2-4-6-19/h2-8,10,16-18H,9,11-15H2,1H3,(H,29,30)/t16-,17-,18-,25?,26?/m1/s1. The van der Waals surface area contributed by atoms with E-state index in [1.807, 2.05) is 6.07 Å². The number of halogens is 2. The average Bonchev–Trinajstić information content (AvgIpc) is 2.75. The number of amides is 1. The van der Waals surface area contributed by atoms with Crippen molar-refractivity contribution in [2.75, 3.05) is 5.32 Å². The highest BCUT2D eigenvalue weighted by Gasteiger charge is 2.61. The Morgan fingerprint density at radius 1 is 1.03 bits per heavy atom. The van der Waals surface area contributed by atoms with E-state index < -0.39 is 17.4 Å². The van der Waals surface area contributed by atoms with Gasteiger partial charge in [0.05, 0.1) is 16.1 Å². The molecule has 4 bridgehead atoms. The molecule has 4 fully saturated rings. The molecule has 168 valence electrons. The zero-order chi connectivity index (χ0) is 22.5. The van der Waals surface area contributed by atoms with Gasteiger partial charge < -0.3 is 10.1 Å². The molecule has 2 aromatic carbocycles. The van der Waals surface area contributed by atoms with Crippen LogP contribution in [0.1, 0.15) is 51.0 Å². The van der Waals surface area contributed by atoms with E-state index in [4.69, 9.17) is 27.9 Å². The third-order valence-corrected chi connectivity index (χ3v) is 8.27. The number of carbonyl (C=O) groups is 2. The predicted octanol–water partition coefficient (Wildman–Crippen LogP) is 6.40. The van der Waals surface area contributed by atoms with Crippen LogP contribution in [0.5, 0.6) is 0 Å². The molecule has 2 aromatic rings. The number of ether oxygens (including phenoxy) is 1. The van der Waals surface area contributed by atoms with Gasteiger partial charge in [-0.2, -0.15) is 0 Å². The molecule has 4 nitrogen and oxygen atoms in total. The second kappa shape index (κ2) is 8.07. The van der Waals surface area contributed by atoms with Crippen LogP contribution in [0.2, 0.25) is 10.0 Å². The van der Waals surface area contributed by atoms with E-state index in [0.717, 1.165) is 32.1 Å². The number of anilines is 1. The van der Waals surface area contributed by atoms with Crippen molar-refractivity contribution < 1.29 is 14.3 Å². The zero-order valence-corrected chi connectivity index (χ0v) is 19.6. The first-order valence-corrected chi connectivity index (χ1v) is 12.1. The summed E-state index contributed by atoms with van der Waals surface area (Å²) < 4.78 is 5.79. The minimum absolute atomic E-state index is 0.0483. The fourth-order valence-corrected chi connectivity index (χ4v) is 7.25. The van der Waals surface area contributed by atoms with Crippen LogP contribution in [0, 0.1) is 17.3 Å². The fourth-order valence-electron chi connectivity index (χ4n) is 6.80. The Bertz CT molecular complexity index is 1040. The lowest BCUT2D eigenvalue weighted by Crippen LogP contribution is -2.57. The molecule has 0 heterocycles. The number of esters is 1. The Hall–Kier alpha value is -2.04. The molecule has 1 N–H and O–H groups in total. The van der Waals surface area contributed by atoms with E-state index in [-0.39, 0.29) is 11.4 Å². The van der Waals surface area contributed by atoms with Gasteiger partial charge >= 0.3 is 5.97 Å². The molecule has 6 rings (SSSR count). The number of nitrogens with one attached hydrogen (secondary N) is 1. The maximum absolute atomic E-state index is 13.5. The molecule has 3 atom stereocenters. The normalized spacial score (nSPS) is 31.2. The molecule has 32 heavy (non-hydrogen) atoms. The molecule has 0 aliphatic heterocycles. The van der Waals surface area contributed by atoms with Gasteiger partial charge in [0.25, 0.3) is 5.91 Å². The van der Waals surface area contributed by atoms with Gasteiger partial charge in [-0.25, -0.2) is 0 Å². The first-order chi connectivity index (χ1) is 15.3. The van der Waals surface area contributed by atoms with Crippen LogP contribution in [0.4, 0.5) is 5.69 Å². The van der Waals surface area contributed by atoms with Crippen molar-refractivity contribution in [3.8, 4) is 0 Å². The molecule has 0 unspecified atom stereocenters. The van der Waals surface area contributed by atoms with Crippen LogP contribution in [0.15, 0.2) is 48.5 Å². The van der Waals surface area contributed by atoms with Gasteiger partial charge in [-0.05, 0) is 86.5 Å². The molecule has 0 radical (unpaired) electrons. The van der Waals surface area contributed by atoms with Crippen molar-refractivity contribution >= 4 is 40.8 Å². The van der Waals surface area contributed by atoms with Crippen molar-refractivity contribution in [1.82, 2.24) is 0 Å². The second-order valence-corrected chi connectivity index (χ2v) is 10.9. The third kappa shape index (κ3) is 3.82. The topological polar surface area (TPSA) is 55.4 Å². The smallest absolute Gasteiger partial charge is 0.312 e. The van der Waals surface area contributed by atoms with Crippen LogP contribution >= 0.6 is 23.2 Å². The molecule has 4 saturated carbocycles. The summed E-state index contributed by atoms with van der Waals surface area (Å²) in [4.78, 5) is 26.2. The molecule has 4 aliphatic rings. The van der Waals surface area contributed by atoms with Gasteiger partial charge in [-0.15, -0.1) is 0 Å². The quantitative estimate of drug-likeness (QED) is 0.513. The number of carbonyl (C=O) groups excluding carboxylic acids is 2. The number of hydrogen-bond donors (Lipinski definition) is 1. The molecule has 6 heteroatoms. The third-order valence-electron chi connectivity index (χ3n) is 7.72. The van der Waals surface area contributed by atoms with Crippen LogP contribution in [-0.2, 0) is 19.7 Å². The summed E-state index contributed by atoms with van der Waals surface area (Å²) in [5, 5.41) is 3.57. The Labute approximate surface area is 198 Å². The summed E-state index contributed by atoms with van der Waals surface area (Å²) in [7, 11) is 0. The molecule has 0 aromatic heterocycles. The van der Waals surface area contributed by atoms with Gasteiger partial charge in [-0.3, -0.25) is 9.59 Å². The molecular formula is C26H27Cl2NO3. The van der Waals surface area contributed by atoms with E-state index in [0.29, 0.717) is 27.6 Å². The van der Waals surface area contributed by atoms with Crippen molar-refractivity contribution in [2.45, 2.75) is 57.0 Å². The maximum Gasteiger partial charge on any atom is 0.312 e. The van der Waals surface area contributed by atoms with Crippen molar-refractivity contribution in [1.29, 1.82) is 0 Å². The fraction of sp³-hybridized carbons (Fsp3) is 0.462. The average molecular weight is 472 g/mol. The Kier molecular flexibility index (Phi) is 5.50. The highest BCUT2D eigenvalue weighted by molar-refractivity contribution is 6.36. The Morgan fingerprint density at radius 2 is 1.72 bits per heavy atom. The van der Waals surface area contributed by atoms with Gasteiger partial charge in [0.15, 0.2) is 6.10 Å². The SMILES string of the molecule is C[C@@H](OC(=O)C12C[C@@H]3C[C@@H](C1)CC(c1ccccc1)(C3)C2)C(=O)Nc1ccc(Cl)cc1Cl. The molecule has 0 spiro atoms. The van der Waals surface area contributed by atoms with E-state index in [1.165, 1.54) is 12.0 Å². The summed E-state index contributed by atoms with van der Waals surface area (Å²) >= 11 is 12.1. The first kappa shape index (κ1) is 21.8. The summed E-state index contributed by atoms with van der Waals surface area (Å²) in [6.07, 6.45) is 5.14. The van der Waals surface area contributed by atoms with Crippen LogP contribution in [0.25, 0.3) is 0 Å². The number of benzene rings is 2. The molecular weight excluding hydrogens is 445 g/mol. The lowest BCUT2D eigenvalue weighted by atomic mass is 9.43. The highest BCUT2D eigenvalue weighted by Crippen LogP contribution is 2.66. The van der Waals surface area contributed by atoms with Crippen molar-refractivity contribution in [3.63, 3.8) is 0 Å². The number of hydrogen-bond acceptors (Lipinski definition) is 3. The lowest BCUT2D eigenvalue weighted by Gasteiger charge is -2.61. The van der Waals surface area contributed by atoms with E-state index in [1.54, 1.807) is 25.1 Å². The summed E-state index contributed by atoms with van der Waals surface area (Å²) in [5.41, 5.74) is 1.34. The minimum Gasteiger partial charge on any atom is -0.452 e. The molecule has 1 amide bonds. The maximum atomic E-state index is 13.5. The van der Waals surface area contributed by atoms with Gasteiger partial charge in [0.2, 0.25) is 0 Å². The van der Waals surface area contributed by atoms with Crippen LogP contribution in [-0.4, -0.2) is 18.0 Å². The molecule has 4 aliphatic carbocycles. The zero-order valence-electron chi connectivity index (χ0n) is 18.1. The van der Waals surface area contributed by atoms with E-state index in [2.05, 4.69) is 29.6 Å². The Morgan fingerprint density at radius 3 is 2.38 bits per heavy atom. The van der Waals surface area contributed by atoms with Gasteiger partial charge in [0, 0.05) is 5.02 Å². The van der Waals surface area contributed by atoms with Gasteiger partial charge in [0.1, 0.15) is 0 Å². The van der Waals surface area contributed by atoms with Gasteiger partial charge in [-0.1, -0.05) is 53.5 Å². The minimum atomic E-state index is -0.907. The monoisotopic (exact) mass is 471 g/mol. The van der Waals surface area contributed by atoms with Crippen molar-refractivity contribution in [3.05, 3.63) is 64.1 Å². The second-order valence-electron chi connectivity index (χ2n) is 10.0. The Balaban J connectivity index is 1.32. The number of rotatable bonds is 5. The summed E-state index contributed by atoms with van der Waals surface area (Å²) in [6, 6.07) is 15.5. The van der Waals surface area contributed by atoms with E-state index >= 15 is 0 Å². The largest absolute Gasteiger partial charge is 0.452 e. The summed E-state index contributed by atoms with van der Waals surface area (Å²) in [6.45, 7) is 1.62. The lowest BCUT2D eigenvalue weighted by molar-refractivity contribution is -0.180. The highest BCUT2D eigenvalue weighted by atomic mass is 35.5. The molecule has 0 saturated heterocycles. The van der Waals surface area contributed by atoms with E-state index in [9.17, 15) is 9.59 Å². The van der Waals surface area contributed by atoms with Crippen LogP contribution in [0.3, 0.4) is 0 Å². The summed E-state index contributed by atoms with van der Waals surface area (Å²) in [5.74, 6) is 0.462. The van der Waals surface area contributed by atoms with Crippen molar-refractivity contribution in [2.24, 2.45) is 17.3 Å². The predicted molar refractivity (Wildman–Crippen MR) is 126 cm³/mol.